The average Bonchev–Trinajstić information content (AvgIpc) is 3.06. The number of nitrogens with zero attached hydrogens (tertiary/aromatic N) is 1. The monoisotopic (exact) mass is 454 g/mol. The minimum Gasteiger partial charge on any atom is -0.465 e. The van der Waals surface area contributed by atoms with Crippen LogP contribution in [-0.4, -0.2) is 31.9 Å². The van der Waals surface area contributed by atoms with Gasteiger partial charge in [0.25, 0.3) is 0 Å². The highest BCUT2D eigenvalue weighted by atomic mass is 79.9. The quantitative estimate of drug-likeness (QED) is 0.518. The molecular formula is C22H19BrN2O4. The standard InChI is InChI=1S/C22H19BrN2O4/c1-3-21-13-7-4-5-10-16(13)25(20(27)28-2)18-22(21,11-12-29-19(21)26)17-14(23)8-6-9-15(17)24-18/h3-10,18,24H,1,11-12H2,2H3/t18-,21-,22-/m0/s1. The van der Waals surface area contributed by atoms with Crippen LogP contribution in [0.5, 0.6) is 0 Å². The summed E-state index contributed by atoms with van der Waals surface area (Å²) in [5.74, 6) is -0.355. The Morgan fingerprint density at radius 3 is 2.90 bits per heavy atom. The van der Waals surface area contributed by atoms with Gasteiger partial charge in [0, 0.05) is 15.7 Å². The van der Waals surface area contributed by atoms with Crippen molar-refractivity contribution in [1.29, 1.82) is 0 Å². The normalized spacial score (nSPS) is 28.8. The molecule has 29 heavy (non-hydrogen) atoms. The number of hydrogen-bond acceptors (Lipinski definition) is 5. The van der Waals surface area contributed by atoms with Gasteiger partial charge in [-0.25, -0.2) is 4.79 Å². The van der Waals surface area contributed by atoms with E-state index in [0.29, 0.717) is 17.7 Å². The van der Waals surface area contributed by atoms with Gasteiger partial charge >= 0.3 is 12.1 Å². The van der Waals surface area contributed by atoms with Crippen LogP contribution in [0.1, 0.15) is 17.5 Å². The highest BCUT2D eigenvalue weighted by Gasteiger charge is 2.71. The van der Waals surface area contributed by atoms with Crippen LogP contribution in [0.4, 0.5) is 16.2 Å². The molecule has 0 aliphatic carbocycles. The number of amides is 1. The molecule has 148 valence electrons. The molecule has 2 aromatic carbocycles. The van der Waals surface area contributed by atoms with E-state index in [1.807, 2.05) is 42.5 Å². The number of ether oxygens (including phenoxy) is 2. The Labute approximate surface area is 176 Å². The average molecular weight is 455 g/mol. The summed E-state index contributed by atoms with van der Waals surface area (Å²) in [6, 6.07) is 13.2. The summed E-state index contributed by atoms with van der Waals surface area (Å²) < 4.78 is 11.6. The summed E-state index contributed by atoms with van der Waals surface area (Å²) in [6.07, 6.45) is 1.18. The van der Waals surface area contributed by atoms with Crippen molar-refractivity contribution >= 4 is 39.4 Å². The van der Waals surface area contributed by atoms with Gasteiger partial charge in [-0.2, -0.15) is 0 Å². The number of anilines is 2. The third kappa shape index (κ3) is 1.96. The molecule has 3 atom stereocenters. The van der Waals surface area contributed by atoms with Crippen LogP contribution in [0.3, 0.4) is 0 Å². The lowest BCUT2D eigenvalue weighted by atomic mass is 9.52. The summed E-state index contributed by atoms with van der Waals surface area (Å²) in [5.41, 5.74) is 1.15. The lowest BCUT2D eigenvalue weighted by Crippen LogP contribution is -2.70. The van der Waals surface area contributed by atoms with Gasteiger partial charge in [0.2, 0.25) is 0 Å². The minimum atomic E-state index is -1.15. The lowest BCUT2D eigenvalue weighted by molar-refractivity contribution is -0.159. The first kappa shape index (κ1) is 18.2. The number of esters is 1. The van der Waals surface area contributed by atoms with Gasteiger partial charge in [-0.15, -0.1) is 6.58 Å². The van der Waals surface area contributed by atoms with Gasteiger partial charge in [0.15, 0.2) is 0 Å². The van der Waals surface area contributed by atoms with E-state index in [0.717, 1.165) is 15.7 Å². The summed E-state index contributed by atoms with van der Waals surface area (Å²) in [4.78, 5) is 28.1. The Bertz CT molecular complexity index is 1070. The zero-order valence-corrected chi connectivity index (χ0v) is 17.4. The van der Waals surface area contributed by atoms with Crippen LogP contribution < -0.4 is 10.2 Å². The fourth-order valence-corrected chi connectivity index (χ4v) is 6.17. The van der Waals surface area contributed by atoms with Gasteiger partial charge in [-0.1, -0.05) is 46.3 Å². The smallest absolute Gasteiger partial charge is 0.415 e. The zero-order valence-electron chi connectivity index (χ0n) is 15.8. The van der Waals surface area contributed by atoms with Crippen molar-refractivity contribution in [3.63, 3.8) is 0 Å². The Hall–Kier alpha value is -2.80. The Morgan fingerprint density at radius 1 is 1.34 bits per heavy atom. The number of nitrogens with one attached hydrogen (secondary N) is 1. The van der Waals surface area contributed by atoms with E-state index in [-0.39, 0.29) is 12.6 Å². The summed E-state index contributed by atoms with van der Waals surface area (Å²) in [5, 5.41) is 3.49. The minimum absolute atomic E-state index is 0.255. The summed E-state index contributed by atoms with van der Waals surface area (Å²) in [6.45, 7) is 4.33. The van der Waals surface area contributed by atoms with E-state index in [4.69, 9.17) is 9.47 Å². The predicted molar refractivity (Wildman–Crippen MR) is 112 cm³/mol. The van der Waals surface area contributed by atoms with E-state index in [2.05, 4.69) is 27.8 Å². The number of carbonyl (C=O) groups excluding carboxylic acids is 2. The molecule has 0 bridgehead atoms. The second kappa shape index (κ2) is 6.10. The highest BCUT2D eigenvalue weighted by Crippen LogP contribution is 2.64. The van der Waals surface area contributed by atoms with E-state index < -0.39 is 23.1 Å². The predicted octanol–water partition coefficient (Wildman–Crippen LogP) is 4.10. The highest BCUT2D eigenvalue weighted by molar-refractivity contribution is 9.10. The van der Waals surface area contributed by atoms with Crippen LogP contribution in [-0.2, 0) is 25.1 Å². The maximum absolute atomic E-state index is 13.5. The molecule has 1 N–H and O–H groups in total. The molecule has 5 rings (SSSR count). The first-order valence-corrected chi connectivity index (χ1v) is 10.2. The number of benzene rings is 2. The number of carbonyl (C=O) groups is 2. The first-order chi connectivity index (χ1) is 14.0. The molecule has 3 heterocycles. The number of methoxy groups -OCH3 is 1. The van der Waals surface area contributed by atoms with E-state index in [1.165, 1.54) is 7.11 Å². The number of rotatable bonds is 1. The number of para-hydroxylation sites is 1. The van der Waals surface area contributed by atoms with Gasteiger partial charge < -0.3 is 14.8 Å². The molecular weight excluding hydrogens is 436 g/mol. The number of hydrogen-bond donors (Lipinski definition) is 1. The fourth-order valence-electron chi connectivity index (χ4n) is 5.45. The first-order valence-electron chi connectivity index (χ1n) is 9.36. The van der Waals surface area contributed by atoms with Crippen molar-refractivity contribution in [2.45, 2.75) is 23.4 Å². The molecule has 3 aliphatic rings. The fraction of sp³-hybridized carbons (Fsp3) is 0.273. The maximum atomic E-state index is 13.5. The third-order valence-electron chi connectivity index (χ3n) is 6.50. The van der Waals surface area contributed by atoms with E-state index >= 15 is 0 Å². The molecule has 0 saturated carbocycles. The molecule has 6 nitrogen and oxygen atoms in total. The van der Waals surface area contributed by atoms with Crippen molar-refractivity contribution in [3.8, 4) is 0 Å². The Morgan fingerprint density at radius 2 is 2.14 bits per heavy atom. The second-order valence-electron chi connectivity index (χ2n) is 7.44. The SMILES string of the molecule is C=C[C@]12C(=O)OCC[C@@]13c1c(Br)cccc1N[C@H]3N(C(=O)OC)c1ccccc12. The van der Waals surface area contributed by atoms with Crippen molar-refractivity contribution in [1.82, 2.24) is 0 Å². The molecule has 1 fully saturated rings. The largest absolute Gasteiger partial charge is 0.465 e. The topological polar surface area (TPSA) is 67.9 Å². The lowest BCUT2D eigenvalue weighted by Gasteiger charge is -2.57. The van der Waals surface area contributed by atoms with Crippen LogP contribution in [0.2, 0.25) is 0 Å². The van der Waals surface area contributed by atoms with Crippen molar-refractivity contribution < 1.29 is 19.1 Å². The van der Waals surface area contributed by atoms with Crippen LogP contribution >= 0.6 is 15.9 Å². The second-order valence-corrected chi connectivity index (χ2v) is 8.29. The number of cyclic esters (lactones) is 1. The van der Waals surface area contributed by atoms with Crippen LogP contribution in [0, 0.1) is 0 Å². The Kier molecular flexibility index (Phi) is 3.84. The number of fused-ring (bicyclic) bond motifs is 3. The van der Waals surface area contributed by atoms with Gasteiger partial charge in [0.05, 0.1) is 24.8 Å². The van der Waals surface area contributed by atoms with Crippen molar-refractivity contribution in [2.24, 2.45) is 0 Å². The molecule has 1 saturated heterocycles. The van der Waals surface area contributed by atoms with Crippen molar-refractivity contribution in [3.05, 3.63) is 70.7 Å². The van der Waals surface area contributed by atoms with Gasteiger partial charge in [-0.3, -0.25) is 9.69 Å². The number of halogens is 1. The van der Waals surface area contributed by atoms with Gasteiger partial charge in [-0.05, 0) is 30.2 Å². The van der Waals surface area contributed by atoms with E-state index in [1.54, 1.807) is 11.0 Å². The molecule has 0 radical (unpaired) electrons. The van der Waals surface area contributed by atoms with Gasteiger partial charge in [0.1, 0.15) is 11.6 Å². The molecule has 7 heteroatoms. The molecule has 0 aromatic heterocycles. The molecule has 2 aromatic rings. The summed E-state index contributed by atoms with van der Waals surface area (Å²) >= 11 is 3.69. The Balaban J connectivity index is 1.95. The van der Waals surface area contributed by atoms with Crippen molar-refractivity contribution in [2.75, 3.05) is 23.9 Å². The molecule has 1 spiro atoms. The van der Waals surface area contributed by atoms with E-state index in [9.17, 15) is 9.59 Å². The molecule has 3 aliphatic heterocycles. The zero-order chi connectivity index (χ0) is 20.4. The van der Waals surface area contributed by atoms with Crippen LogP contribution in [0.25, 0.3) is 0 Å². The summed E-state index contributed by atoms with van der Waals surface area (Å²) in [7, 11) is 1.36. The third-order valence-corrected chi connectivity index (χ3v) is 7.16. The molecule has 0 unspecified atom stereocenters. The van der Waals surface area contributed by atoms with Crippen LogP contribution in [0.15, 0.2) is 59.6 Å². The molecule has 1 amide bonds. The maximum Gasteiger partial charge on any atom is 0.415 e.